The number of ether oxygens (including phenoxy) is 2. The molecule has 1 unspecified atom stereocenters. The summed E-state index contributed by atoms with van der Waals surface area (Å²) in [5, 5.41) is 9.97. The van der Waals surface area contributed by atoms with Crippen LogP contribution in [0.1, 0.15) is 101 Å². The first kappa shape index (κ1) is 26.7. The Kier molecular flexibility index (Phi) is 6.79. The van der Waals surface area contributed by atoms with Gasteiger partial charge in [0, 0.05) is 16.4 Å². The van der Waals surface area contributed by atoms with E-state index in [0.717, 1.165) is 46.0 Å². The van der Waals surface area contributed by atoms with E-state index in [1.165, 1.54) is 0 Å². The molecule has 2 aromatic carbocycles. The largest absolute Gasteiger partial charge is 0.490 e. The van der Waals surface area contributed by atoms with Crippen molar-refractivity contribution in [2.75, 3.05) is 19.8 Å². The van der Waals surface area contributed by atoms with Crippen LogP contribution in [0.15, 0.2) is 24.3 Å². The van der Waals surface area contributed by atoms with Crippen molar-refractivity contribution < 1.29 is 14.3 Å². The SMILES string of the molecule is CCOc1cc2c(c(P)c1OCC)C(=N)N(CC(=O)c1cc(C(C)(C)C)cc(C(C)(C)C)c1)C21CC1. The van der Waals surface area contributed by atoms with E-state index in [0.29, 0.717) is 30.5 Å². The molecule has 1 fully saturated rings. The highest BCUT2D eigenvalue weighted by molar-refractivity contribution is 7.28. The minimum Gasteiger partial charge on any atom is -0.490 e. The summed E-state index contributed by atoms with van der Waals surface area (Å²) in [5.41, 5.74) is 4.55. The van der Waals surface area contributed by atoms with Crippen LogP contribution < -0.4 is 14.8 Å². The number of nitrogens with one attached hydrogen (secondary N) is 1. The summed E-state index contributed by atoms with van der Waals surface area (Å²) in [7, 11) is 2.77. The lowest BCUT2D eigenvalue weighted by atomic mass is 9.79. The molecule has 2 aromatic rings. The standard InChI is InChI=1S/C30H41N2O3P/c1-9-34-23-16-21-24(26(36)25(23)35-10-2)27(31)32(30(21)11-12-30)17-22(33)18-13-19(28(3,4)5)15-20(14-18)29(6,7)8/h13-16,31H,9-12,17,36H2,1-8H3. The van der Waals surface area contributed by atoms with Gasteiger partial charge >= 0.3 is 0 Å². The van der Waals surface area contributed by atoms with Crippen molar-refractivity contribution in [3.05, 3.63) is 52.1 Å². The number of nitrogens with zero attached hydrogens (tertiary/aromatic N) is 1. The molecule has 1 atom stereocenters. The molecule has 6 heteroatoms. The number of fused-ring (bicyclic) bond motifs is 2. The normalized spacial score (nSPS) is 16.4. The second-order valence-corrected chi connectivity index (χ2v) is 12.7. The second kappa shape index (κ2) is 9.17. The minimum atomic E-state index is -0.307. The van der Waals surface area contributed by atoms with Gasteiger partial charge in [0.25, 0.3) is 0 Å². The Bertz CT molecular complexity index is 1180. The molecule has 2 aliphatic rings. The van der Waals surface area contributed by atoms with E-state index in [1.807, 2.05) is 36.9 Å². The van der Waals surface area contributed by atoms with Crippen LogP contribution in [-0.4, -0.2) is 36.3 Å². The number of carbonyl (C=O) groups is 1. The molecule has 1 aliphatic carbocycles. The van der Waals surface area contributed by atoms with Crippen LogP contribution in [0, 0.1) is 5.41 Å². The lowest BCUT2D eigenvalue weighted by Crippen LogP contribution is -2.38. The molecule has 4 rings (SSSR count). The fourth-order valence-electron chi connectivity index (χ4n) is 5.11. The predicted octanol–water partition coefficient (Wildman–Crippen LogP) is 6.09. The van der Waals surface area contributed by atoms with E-state index >= 15 is 0 Å². The van der Waals surface area contributed by atoms with E-state index in [-0.39, 0.29) is 28.7 Å². The highest BCUT2D eigenvalue weighted by Gasteiger charge is 2.58. The molecule has 0 aromatic heterocycles. The van der Waals surface area contributed by atoms with Gasteiger partial charge in [-0.2, -0.15) is 0 Å². The van der Waals surface area contributed by atoms with Crippen molar-refractivity contribution >= 4 is 26.2 Å². The van der Waals surface area contributed by atoms with Crippen LogP contribution in [0.4, 0.5) is 0 Å². The number of amidine groups is 1. The first-order valence-corrected chi connectivity index (χ1v) is 13.6. The Morgan fingerprint density at radius 2 is 1.53 bits per heavy atom. The molecule has 0 amide bonds. The van der Waals surface area contributed by atoms with Gasteiger partial charge in [-0.1, -0.05) is 47.6 Å². The molecule has 36 heavy (non-hydrogen) atoms. The molecule has 1 N–H and O–H groups in total. The zero-order chi connectivity index (χ0) is 26.6. The number of hydrogen-bond donors (Lipinski definition) is 1. The highest BCUT2D eigenvalue weighted by Crippen LogP contribution is 2.58. The lowest BCUT2D eigenvalue weighted by molar-refractivity contribution is 0.0943. The van der Waals surface area contributed by atoms with Gasteiger partial charge in [-0.25, -0.2) is 0 Å². The van der Waals surface area contributed by atoms with Crippen LogP contribution in [-0.2, 0) is 16.4 Å². The third-order valence-electron chi connectivity index (χ3n) is 7.41. The fraction of sp³-hybridized carbons (Fsp3) is 0.533. The Balaban J connectivity index is 1.73. The third-order valence-corrected chi connectivity index (χ3v) is 7.96. The number of carbonyl (C=O) groups excluding carboxylic acids is 1. The maximum Gasteiger partial charge on any atom is 0.182 e. The van der Waals surface area contributed by atoms with Gasteiger partial charge in [0.15, 0.2) is 17.3 Å². The monoisotopic (exact) mass is 508 g/mol. The van der Waals surface area contributed by atoms with Gasteiger partial charge in [0.1, 0.15) is 5.84 Å². The summed E-state index contributed by atoms with van der Waals surface area (Å²) in [4.78, 5) is 15.8. The van der Waals surface area contributed by atoms with Gasteiger partial charge < -0.3 is 14.4 Å². The number of ketones is 1. The molecule has 0 radical (unpaired) electrons. The van der Waals surface area contributed by atoms with E-state index in [4.69, 9.17) is 14.9 Å². The van der Waals surface area contributed by atoms with Crippen LogP contribution in [0.5, 0.6) is 11.5 Å². The van der Waals surface area contributed by atoms with Gasteiger partial charge in [0.05, 0.1) is 25.3 Å². The van der Waals surface area contributed by atoms with Crippen LogP contribution >= 0.6 is 9.24 Å². The van der Waals surface area contributed by atoms with E-state index in [2.05, 4.69) is 56.8 Å². The molecule has 0 bridgehead atoms. The summed E-state index contributed by atoms with van der Waals surface area (Å²) in [6.45, 7) is 18.2. The number of rotatable bonds is 7. The third kappa shape index (κ3) is 4.56. The zero-order valence-corrected chi connectivity index (χ0v) is 24.2. The molecular formula is C30H41N2O3P. The van der Waals surface area contributed by atoms with Crippen molar-refractivity contribution in [1.29, 1.82) is 5.41 Å². The molecule has 1 saturated carbocycles. The fourth-order valence-corrected chi connectivity index (χ4v) is 5.63. The molecule has 5 nitrogen and oxygen atoms in total. The summed E-state index contributed by atoms with van der Waals surface area (Å²) in [6.07, 6.45) is 1.85. The summed E-state index contributed by atoms with van der Waals surface area (Å²) < 4.78 is 11.9. The molecule has 194 valence electrons. The van der Waals surface area contributed by atoms with Crippen molar-refractivity contribution in [2.45, 2.75) is 84.6 Å². The Morgan fingerprint density at radius 3 is 2.00 bits per heavy atom. The molecule has 1 heterocycles. The maximum atomic E-state index is 13.8. The van der Waals surface area contributed by atoms with Gasteiger partial charge in [-0.3, -0.25) is 10.2 Å². The Labute approximate surface area is 218 Å². The van der Waals surface area contributed by atoms with Crippen molar-refractivity contribution in [2.24, 2.45) is 0 Å². The summed E-state index contributed by atoms with van der Waals surface area (Å²) >= 11 is 0. The quantitative estimate of drug-likeness (QED) is 0.363. The smallest absolute Gasteiger partial charge is 0.182 e. The van der Waals surface area contributed by atoms with E-state index in [1.54, 1.807) is 0 Å². The molecule has 1 spiro atoms. The topological polar surface area (TPSA) is 62.6 Å². The van der Waals surface area contributed by atoms with Crippen molar-refractivity contribution in [3.8, 4) is 11.5 Å². The van der Waals surface area contributed by atoms with Crippen LogP contribution in [0.2, 0.25) is 0 Å². The van der Waals surface area contributed by atoms with E-state index in [9.17, 15) is 4.79 Å². The minimum absolute atomic E-state index is 0.0517. The van der Waals surface area contributed by atoms with Crippen molar-refractivity contribution in [1.82, 2.24) is 4.90 Å². The van der Waals surface area contributed by atoms with Gasteiger partial charge in [-0.15, -0.1) is 9.24 Å². The zero-order valence-electron chi connectivity index (χ0n) is 23.1. The first-order chi connectivity index (χ1) is 16.7. The maximum absolute atomic E-state index is 13.8. The van der Waals surface area contributed by atoms with Crippen molar-refractivity contribution in [3.63, 3.8) is 0 Å². The highest BCUT2D eigenvalue weighted by atomic mass is 31.0. The average Bonchev–Trinajstić information content (AvgIpc) is 3.55. The average molecular weight is 509 g/mol. The summed E-state index contributed by atoms with van der Waals surface area (Å²) in [6, 6.07) is 8.37. The number of benzene rings is 2. The van der Waals surface area contributed by atoms with Gasteiger partial charge in [-0.05, 0) is 72.4 Å². The lowest BCUT2D eigenvalue weighted by Gasteiger charge is -2.28. The Morgan fingerprint density at radius 1 is 0.972 bits per heavy atom. The first-order valence-electron chi connectivity index (χ1n) is 13.0. The van der Waals surface area contributed by atoms with E-state index < -0.39 is 0 Å². The second-order valence-electron chi connectivity index (χ2n) is 12.1. The summed E-state index contributed by atoms with van der Waals surface area (Å²) in [5.74, 6) is 1.83. The molecular weight excluding hydrogens is 467 g/mol. The molecule has 1 aliphatic heterocycles. The number of hydrogen-bond acceptors (Lipinski definition) is 4. The van der Waals surface area contributed by atoms with Crippen LogP contribution in [0.25, 0.3) is 0 Å². The molecule has 0 saturated heterocycles. The van der Waals surface area contributed by atoms with Gasteiger partial charge in [0.2, 0.25) is 0 Å². The van der Waals surface area contributed by atoms with Crippen LogP contribution in [0.3, 0.4) is 0 Å². The number of Topliss-reactive ketones (excluding diaryl/α,β-unsaturated/α-hetero) is 1. The predicted molar refractivity (Wildman–Crippen MR) is 151 cm³/mol. The Hall–Kier alpha value is -2.39.